The quantitative estimate of drug-likeness (QED) is 0.489. The highest BCUT2D eigenvalue weighted by atomic mass is 31.1. The van der Waals surface area contributed by atoms with E-state index in [0.29, 0.717) is 20.6 Å². The van der Waals surface area contributed by atoms with Gasteiger partial charge in [0, 0.05) is 24.7 Å². The van der Waals surface area contributed by atoms with Crippen LogP contribution in [0.25, 0.3) is 0 Å². The summed E-state index contributed by atoms with van der Waals surface area (Å²) < 4.78 is 0. The van der Waals surface area contributed by atoms with Crippen LogP contribution in [0.1, 0.15) is 94.5 Å². The Labute approximate surface area is 165 Å². The topological polar surface area (TPSA) is 25.8 Å². The van der Waals surface area contributed by atoms with E-state index in [0.717, 1.165) is 12.3 Å². The Hall–Kier alpha value is -0.0600. The maximum atomic E-state index is 5.08. The molecule has 1 aromatic rings. The van der Waals surface area contributed by atoms with E-state index in [2.05, 4.69) is 88.1 Å². The van der Waals surface area contributed by atoms with E-state index in [1.165, 1.54) is 11.4 Å². The Balaban J connectivity index is 3.11. The van der Waals surface area contributed by atoms with Crippen LogP contribution < -0.4 is 0 Å². The minimum absolute atomic E-state index is 0.194. The van der Waals surface area contributed by atoms with Crippen molar-refractivity contribution in [2.45, 2.75) is 116 Å². The average molecular weight is 397 g/mol. The van der Waals surface area contributed by atoms with Crippen LogP contribution in [0, 0.1) is 0 Å². The molecule has 0 aliphatic carbocycles. The minimum Gasteiger partial charge on any atom is -0.261 e. The van der Waals surface area contributed by atoms with Crippen LogP contribution in [0.4, 0.5) is 0 Å². The molecule has 0 aliphatic heterocycles. The summed E-state index contributed by atoms with van der Waals surface area (Å²) in [5.41, 5.74) is 2.35. The predicted molar refractivity (Wildman–Crippen MR) is 122 cm³/mol. The smallest absolute Gasteiger partial charge is 0.0633 e. The van der Waals surface area contributed by atoms with Crippen molar-refractivity contribution in [1.82, 2.24) is 9.97 Å². The van der Waals surface area contributed by atoms with Gasteiger partial charge in [0.15, 0.2) is 0 Å². The molecule has 2 nitrogen and oxygen atoms in total. The third-order valence-corrected chi connectivity index (χ3v) is 12.4. The first-order valence-electron chi connectivity index (χ1n) is 9.77. The number of hydrogen-bond acceptors (Lipinski definition) is 2. The molecule has 0 aromatic carbocycles. The fourth-order valence-corrected chi connectivity index (χ4v) is 10.8. The Morgan fingerprint density at radius 3 is 1.08 bits per heavy atom. The maximum Gasteiger partial charge on any atom is 0.0633 e. The van der Waals surface area contributed by atoms with E-state index in [1.54, 1.807) is 0 Å². The highest BCUT2D eigenvalue weighted by molar-refractivity contribution is 7.60. The summed E-state index contributed by atoms with van der Waals surface area (Å²) in [5.74, 6) is 0. The molecule has 1 rings (SSSR count). The predicted octanol–water partition coefficient (Wildman–Crippen LogP) is 7.63. The molecule has 0 amide bonds. The van der Waals surface area contributed by atoms with Crippen molar-refractivity contribution in [3.8, 4) is 0 Å². The fraction of sp³-hybridized carbons (Fsp3) is 0.818. The summed E-state index contributed by atoms with van der Waals surface area (Å²) in [6.45, 7) is 28.5. The van der Waals surface area contributed by atoms with Gasteiger partial charge in [-0.3, -0.25) is 9.97 Å². The second-order valence-corrected chi connectivity index (χ2v) is 19.1. The Morgan fingerprint density at radius 2 is 0.846 bits per heavy atom. The summed E-state index contributed by atoms with van der Waals surface area (Å²) in [6, 6.07) is 0. The third-order valence-electron chi connectivity index (χ3n) is 4.61. The van der Waals surface area contributed by atoms with E-state index in [4.69, 9.17) is 4.98 Å². The lowest BCUT2D eigenvalue weighted by Crippen LogP contribution is -2.27. The molecule has 0 aliphatic rings. The van der Waals surface area contributed by atoms with Crippen LogP contribution in [-0.4, -0.2) is 30.6 Å². The fourth-order valence-electron chi connectivity index (χ4n) is 3.89. The van der Waals surface area contributed by atoms with E-state index in [9.17, 15) is 0 Å². The van der Waals surface area contributed by atoms with E-state index < -0.39 is 0 Å². The van der Waals surface area contributed by atoms with Crippen molar-refractivity contribution in [2.75, 3.05) is 0 Å². The van der Waals surface area contributed by atoms with Gasteiger partial charge in [-0.2, -0.15) is 0 Å². The second-order valence-electron chi connectivity index (χ2n) is 11.4. The first-order chi connectivity index (χ1) is 11.4. The van der Waals surface area contributed by atoms with Crippen molar-refractivity contribution in [3.63, 3.8) is 0 Å². The lowest BCUT2D eigenvalue weighted by Gasteiger charge is -2.42. The molecule has 150 valence electrons. The van der Waals surface area contributed by atoms with Crippen LogP contribution in [0.5, 0.6) is 0 Å². The summed E-state index contributed by atoms with van der Waals surface area (Å²) >= 11 is 0. The van der Waals surface area contributed by atoms with E-state index in [1.807, 2.05) is 12.4 Å². The molecule has 0 unspecified atom stereocenters. The first kappa shape index (κ1) is 24.0. The molecule has 0 atom stereocenters. The highest BCUT2D eigenvalue weighted by Crippen LogP contribution is 2.62. The highest BCUT2D eigenvalue weighted by Gasteiger charge is 2.36. The summed E-state index contributed by atoms with van der Waals surface area (Å²) in [5, 5.41) is 1.26. The maximum absolute atomic E-state index is 5.08. The Bertz CT molecular complexity index is 507. The Kier molecular flexibility index (Phi) is 7.49. The van der Waals surface area contributed by atoms with Gasteiger partial charge >= 0.3 is 0 Å². The van der Waals surface area contributed by atoms with Crippen molar-refractivity contribution in [3.05, 3.63) is 23.8 Å². The Morgan fingerprint density at radius 1 is 0.577 bits per heavy atom. The van der Waals surface area contributed by atoms with Gasteiger partial charge in [-0.1, -0.05) is 98.9 Å². The lowest BCUT2D eigenvalue weighted by molar-refractivity contribution is 0.699. The van der Waals surface area contributed by atoms with Crippen molar-refractivity contribution < 1.29 is 0 Å². The van der Waals surface area contributed by atoms with Crippen LogP contribution in [0.15, 0.2) is 12.4 Å². The average Bonchev–Trinajstić information content (AvgIpc) is 2.37. The van der Waals surface area contributed by atoms with Gasteiger partial charge in [0.2, 0.25) is 0 Å². The summed E-state index contributed by atoms with van der Waals surface area (Å²) in [4.78, 5) is 9.65. The van der Waals surface area contributed by atoms with Crippen LogP contribution in [0.2, 0.25) is 0 Å². The van der Waals surface area contributed by atoms with E-state index >= 15 is 0 Å². The number of aromatic nitrogens is 2. The SMILES string of the molecule is CC(C)(C)P(Cc1cncc(CP(C(C)(C)C)C(C)(C)C)n1)C(C)(C)C. The molecule has 0 N–H and O–H groups in total. The number of nitrogens with zero attached hydrogens (tertiary/aromatic N) is 2. The van der Waals surface area contributed by atoms with Gasteiger partial charge in [0.05, 0.1) is 11.4 Å². The molecule has 0 radical (unpaired) electrons. The molecular weight excluding hydrogens is 354 g/mol. The molecule has 1 heterocycles. The van der Waals surface area contributed by atoms with Gasteiger partial charge < -0.3 is 0 Å². The molecule has 4 heteroatoms. The van der Waals surface area contributed by atoms with Crippen LogP contribution in [-0.2, 0) is 12.3 Å². The molecule has 0 saturated heterocycles. The third kappa shape index (κ3) is 7.16. The van der Waals surface area contributed by atoms with Crippen molar-refractivity contribution in [2.24, 2.45) is 0 Å². The molecule has 0 bridgehead atoms. The zero-order valence-corrected chi connectivity index (χ0v) is 21.1. The minimum atomic E-state index is -0.194. The summed E-state index contributed by atoms with van der Waals surface area (Å²) in [6.07, 6.45) is 6.11. The second kappa shape index (κ2) is 8.13. The zero-order valence-electron chi connectivity index (χ0n) is 19.4. The standard InChI is InChI=1S/C22H42N2P2/c1-19(2,3)25(20(4,5)6)15-17-13-23-14-18(24-17)16-26(21(7,8)9)22(10,11)12/h13-14H,15-16H2,1-12H3. The lowest BCUT2D eigenvalue weighted by atomic mass is 10.2. The molecule has 1 aromatic heterocycles. The van der Waals surface area contributed by atoms with Crippen molar-refractivity contribution >= 4 is 15.8 Å². The van der Waals surface area contributed by atoms with Gasteiger partial charge in [0.1, 0.15) is 0 Å². The van der Waals surface area contributed by atoms with Crippen molar-refractivity contribution in [1.29, 1.82) is 0 Å². The van der Waals surface area contributed by atoms with Gasteiger partial charge in [-0.25, -0.2) is 0 Å². The molecule has 26 heavy (non-hydrogen) atoms. The van der Waals surface area contributed by atoms with Gasteiger partial charge in [0.25, 0.3) is 0 Å². The zero-order chi connectivity index (χ0) is 20.6. The normalized spacial score (nSPS) is 14.4. The molecule has 0 spiro atoms. The van der Waals surface area contributed by atoms with Crippen LogP contribution >= 0.6 is 15.8 Å². The first-order valence-corrected chi connectivity index (χ1v) is 12.8. The van der Waals surface area contributed by atoms with E-state index in [-0.39, 0.29) is 15.8 Å². The molecular formula is C22H42N2P2. The molecule has 0 saturated carbocycles. The number of rotatable bonds is 4. The largest absolute Gasteiger partial charge is 0.261 e. The molecule has 0 fully saturated rings. The number of hydrogen-bond donors (Lipinski definition) is 0. The van der Waals surface area contributed by atoms with Gasteiger partial charge in [-0.15, -0.1) is 0 Å². The monoisotopic (exact) mass is 396 g/mol. The summed E-state index contributed by atoms with van der Waals surface area (Å²) in [7, 11) is -0.388. The van der Waals surface area contributed by atoms with Crippen LogP contribution in [0.3, 0.4) is 0 Å². The van der Waals surface area contributed by atoms with Gasteiger partial charge in [-0.05, 0) is 20.6 Å².